The number of para-hydroxylation sites is 2. The molecule has 0 bridgehead atoms. The molecule has 0 radical (unpaired) electrons. The second-order valence-electron chi connectivity index (χ2n) is 16.2. The molecule has 0 aliphatic rings. The van der Waals surface area contributed by atoms with E-state index in [0.717, 1.165) is 60.2 Å². The summed E-state index contributed by atoms with van der Waals surface area (Å²) in [6.45, 7) is 0. The minimum Gasteiger partial charge on any atom is -0.455 e. The van der Waals surface area contributed by atoms with Crippen LogP contribution in [0.15, 0.2) is 247 Å². The lowest BCUT2D eigenvalue weighted by molar-refractivity contribution is 0.672. The molecule has 13 aromatic rings. The van der Waals surface area contributed by atoms with Crippen molar-refractivity contribution < 1.29 is 15.4 Å². The average Bonchev–Trinajstić information content (AvgIpc) is 3.99. The number of hydrogen-bond donors (Lipinski definition) is 0. The maximum Gasteiger partial charge on any atom is 0.143 e. The highest BCUT2D eigenvalue weighted by atomic mass is 16.3. The third-order valence-corrected chi connectivity index (χ3v) is 12.5. The summed E-state index contributed by atoms with van der Waals surface area (Å²) in [5.41, 5.74) is 6.44. The number of rotatable bonds is 7. The van der Waals surface area contributed by atoms with E-state index in [0.29, 0.717) is 38.8 Å². The molecule has 11 aromatic carbocycles. The van der Waals surface area contributed by atoms with Gasteiger partial charge in [0.2, 0.25) is 0 Å². The van der Waals surface area contributed by atoms with Gasteiger partial charge < -0.3 is 13.9 Å². The highest BCUT2D eigenvalue weighted by Gasteiger charge is 2.22. The minimum absolute atomic E-state index is 0.0805. The summed E-state index contributed by atoms with van der Waals surface area (Å²) in [5, 5.41) is 6.73. The van der Waals surface area contributed by atoms with Crippen LogP contribution in [-0.4, -0.2) is 4.57 Å². The first-order valence-electron chi connectivity index (χ1n) is 25.6. The van der Waals surface area contributed by atoms with Crippen molar-refractivity contribution in [1.82, 2.24) is 4.57 Å². The molecule has 3 nitrogen and oxygen atoms in total. The van der Waals surface area contributed by atoms with Crippen LogP contribution < -0.4 is 4.90 Å². The van der Waals surface area contributed by atoms with Gasteiger partial charge in [-0.05, 0) is 122 Å². The summed E-state index contributed by atoms with van der Waals surface area (Å²) < 4.78 is 87.9. The number of hydrogen-bond acceptors (Lipinski definition) is 2. The summed E-state index contributed by atoms with van der Waals surface area (Å²) in [7, 11) is 0. The second kappa shape index (κ2) is 15.0. The van der Waals surface area contributed by atoms with E-state index in [9.17, 15) is 11.0 Å². The smallest absolute Gasteiger partial charge is 0.143 e. The first kappa shape index (κ1) is 29.6. The molecular formula is C62H40N2O. The molecular weight excluding hydrogens is 789 g/mol. The van der Waals surface area contributed by atoms with Crippen molar-refractivity contribution in [2.45, 2.75) is 0 Å². The fourth-order valence-corrected chi connectivity index (χ4v) is 9.59. The molecule has 0 fully saturated rings. The molecule has 0 atom stereocenters. The number of aromatic nitrogens is 1. The minimum atomic E-state index is -0.432. The standard InChI is InChI=1S/C62H40N2O/c1-2-19-47(20-3-1)64-56-26-9-8-23-54(56)60-52(25-12-27-57(60)64)44-32-37-49(38-33-44)63(58-28-13-29-59-61(58)55-39-34-43-15-5-7-22-53(43)62(55)65-59)48-35-30-41(31-36-48)45-17-10-18-46(40-45)51-24-11-16-42-14-4-6-21-50(42)51/h1-40H/i30D,31D,32D,33D,35D,36D,37D,38D. The largest absolute Gasteiger partial charge is 0.455 e. The first-order valence-corrected chi connectivity index (χ1v) is 21.6. The Labute approximate surface area is 387 Å². The van der Waals surface area contributed by atoms with Crippen LogP contribution >= 0.6 is 0 Å². The Morgan fingerprint density at radius 2 is 0.985 bits per heavy atom. The fraction of sp³-hybridized carbons (Fsp3) is 0. The highest BCUT2D eigenvalue weighted by Crippen LogP contribution is 2.46. The maximum absolute atomic E-state index is 10.0. The van der Waals surface area contributed by atoms with Crippen molar-refractivity contribution in [3.63, 3.8) is 0 Å². The van der Waals surface area contributed by atoms with E-state index < -0.39 is 24.2 Å². The lowest BCUT2D eigenvalue weighted by Crippen LogP contribution is -2.10. The van der Waals surface area contributed by atoms with Crippen LogP contribution in [0.2, 0.25) is 0 Å². The summed E-state index contributed by atoms with van der Waals surface area (Å²) in [5.74, 6) is 0. The third-order valence-electron chi connectivity index (χ3n) is 12.5. The van der Waals surface area contributed by atoms with Crippen LogP contribution in [0.4, 0.5) is 17.1 Å². The summed E-state index contributed by atoms with van der Waals surface area (Å²) in [6.07, 6.45) is 0. The van der Waals surface area contributed by atoms with Crippen molar-refractivity contribution in [2.75, 3.05) is 4.90 Å². The molecule has 0 spiro atoms. The predicted molar refractivity (Wildman–Crippen MR) is 274 cm³/mol. The lowest BCUT2D eigenvalue weighted by Gasteiger charge is -2.26. The molecule has 2 aromatic heterocycles. The second-order valence-corrected chi connectivity index (χ2v) is 16.2. The van der Waals surface area contributed by atoms with Gasteiger partial charge in [0, 0.05) is 38.6 Å². The van der Waals surface area contributed by atoms with E-state index in [1.807, 2.05) is 170 Å². The van der Waals surface area contributed by atoms with Gasteiger partial charge in [-0.2, -0.15) is 0 Å². The zero-order chi connectivity index (χ0) is 49.8. The molecule has 0 unspecified atom stereocenters. The van der Waals surface area contributed by atoms with E-state index >= 15 is 0 Å². The van der Waals surface area contributed by atoms with E-state index in [-0.39, 0.29) is 46.7 Å². The summed E-state index contributed by atoms with van der Waals surface area (Å²) in [6, 6.07) is 59.1. The number of nitrogens with zero attached hydrogens (tertiary/aromatic N) is 2. The average molecular weight is 837 g/mol. The van der Waals surface area contributed by atoms with Gasteiger partial charge >= 0.3 is 0 Å². The summed E-state index contributed by atoms with van der Waals surface area (Å²) in [4.78, 5) is 1.38. The van der Waals surface area contributed by atoms with Gasteiger partial charge in [0.05, 0.1) is 33.1 Å². The third kappa shape index (κ3) is 6.05. The molecule has 65 heavy (non-hydrogen) atoms. The van der Waals surface area contributed by atoms with Crippen LogP contribution in [-0.2, 0) is 0 Å². The topological polar surface area (TPSA) is 21.3 Å². The van der Waals surface area contributed by atoms with Gasteiger partial charge in [-0.1, -0.05) is 170 Å². The molecule has 2 heterocycles. The Morgan fingerprint density at radius 1 is 0.385 bits per heavy atom. The van der Waals surface area contributed by atoms with Crippen LogP contribution in [0, 0.1) is 0 Å². The van der Waals surface area contributed by atoms with Gasteiger partial charge in [0.15, 0.2) is 0 Å². The Kier molecular flexibility index (Phi) is 6.84. The molecule has 0 saturated heterocycles. The molecule has 0 aliphatic carbocycles. The van der Waals surface area contributed by atoms with Gasteiger partial charge in [-0.3, -0.25) is 0 Å². The van der Waals surface area contributed by atoms with Crippen LogP contribution in [0.3, 0.4) is 0 Å². The quantitative estimate of drug-likeness (QED) is 0.159. The van der Waals surface area contributed by atoms with Gasteiger partial charge in [0.25, 0.3) is 0 Å². The summed E-state index contributed by atoms with van der Waals surface area (Å²) >= 11 is 0. The Balaban J connectivity index is 1.07. The lowest BCUT2D eigenvalue weighted by atomic mass is 9.95. The molecule has 0 amide bonds. The van der Waals surface area contributed by atoms with Crippen molar-refractivity contribution in [3.8, 4) is 39.1 Å². The Morgan fingerprint density at radius 3 is 1.80 bits per heavy atom. The van der Waals surface area contributed by atoms with Crippen molar-refractivity contribution >= 4 is 82.4 Å². The van der Waals surface area contributed by atoms with E-state index in [1.165, 1.54) is 4.90 Å². The van der Waals surface area contributed by atoms with E-state index in [2.05, 4.69) is 4.57 Å². The van der Waals surface area contributed by atoms with E-state index in [4.69, 9.17) is 4.42 Å². The SMILES string of the molecule is [2H]c1c([2H])c(N(c2c([2H])c([2H])c(-c3cccc4c3c3ccccc3n4-c3ccccc3)c([2H])c2[2H])c2cccc3oc4c5ccccc5ccc4c23)c([2H])c([2H])c1-c1cccc(-c2cccc3ccccc23)c1. The monoisotopic (exact) mass is 836 g/mol. The van der Waals surface area contributed by atoms with Crippen molar-refractivity contribution in [3.05, 3.63) is 242 Å². The molecule has 3 heteroatoms. The zero-order valence-electron chi connectivity index (χ0n) is 42.8. The zero-order valence-corrected chi connectivity index (χ0v) is 34.8. The number of fused-ring (bicyclic) bond motifs is 9. The molecule has 0 saturated carbocycles. The number of furan rings is 1. The predicted octanol–water partition coefficient (Wildman–Crippen LogP) is 17.5. The van der Waals surface area contributed by atoms with Crippen LogP contribution in [0.25, 0.3) is 104 Å². The molecule has 13 rings (SSSR count). The fourth-order valence-electron chi connectivity index (χ4n) is 9.59. The van der Waals surface area contributed by atoms with Crippen LogP contribution in [0.5, 0.6) is 0 Å². The maximum atomic E-state index is 10.0. The van der Waals surface area contributed by atoms with E-state index in [1.54, 1.807) is 24.3 Å². The van der Waals surface area contributed by atoms with Crippen molar-refractivity contribution in [1.29, 1.82) is 0 Å². The van der Waals surface area contributed by atoms with Crippen LogP contribution in [0.1, 0.15) is 11.0 Å². The van der Waals surface area contributed by atoms with Gasteiger partial charge in [0.1, 0.15) is 11.2 Å². The Bertz CT molecular complexity index is 4380. The Hall–Kier alpha value is -8.66. The van der Waals surface area contributed by atoms with Gasteiger partial charge in [-0.15, -0.1) is 0 Å². The molecule has 304 valence electrons. The number of benzene rings is 11. The highest BCUT2D eigenvalue weighted by molar-refractivity contribution is 6.20. The normalized spacial score (nSPS) is 13.4. The van der Waals surface area contributed by atoms with Gasteiger partial charge in [-0.25, -0.2) is 0 Å². The number of anilines is 3. The molecule has 0 N–H and O–H groups in total. The molecule has 0 aliphatic heterocycles. The van der Waals surface area contributed by atoms with Crippen molar-refractivity contribution in [2.24, 2.45) is 0 Å². The first-order chi connectivity index (χ1) is 35.6.